The van der Waals surface area contributed by atoms with Crippen LogP contribution in [-0.4, -0.2) is 90.9 Å². The number of carbonyl (C=O) groups excluding carboxylic acids is 1. The molecular formula is C20H31N5O3S. The number of anilines is 1. The van der Waals surface area contributed by atoms with Crippen molar-refractivity contribution in [2.24, 2.45) is 5.92 Å². The van der Waals surface area contributed by atoms with Crippen LogP contribution in [0.15, 0.2) is 12.4 Å². The van der Waals surface area contributed by atoms with E-state index >= 15 is 0 Å². The van der Waals surface area contributed by atoms with Crippen molar-refractivity contribution in [1.29, 1.82) is 0 Å². The smallest absolute Gasteiger partial charge is 0.274 e. The average Bonchev–Trinajstić information content (AvgIpc) is 2.74. The summed E-state index contributed by atoms with van der Waals surface area (Å²) in [6.07, 6.45) is 7.77. The van der Waals surface area contributed by atoms with Crippen LogP contribution in [0.2, 0.25) is 0 Å². The molecule has 1 aromatic heterocycles. The predicted molar refractivity (Wildman–Crippen MR) is 112 cm³/mol. The molecule has 8 nitrogen and oxygen atoms in total. The standard InChI is InChI=1S/C20H31N5O3S/c1-16-3-2-6-25(15-16)17-4-7-24(8-5-17)20(26)18-13-22-19(14-21-18)23-9-11-29(27,28)12-10-23/h13-14,16-17H,2-12,15H2,1H3. The molecule has 3 aliphatic rings. The van der Waals surface area contributed by atoms with Gasteiger partial charge in [-0.3, -0.25) is 9.69 Å². The Morgan fingerprint density at radius 2 is 1.72 bits per heavy atom. The van der Waals surface area contributed by atoms with E-state index in [0.29, 0.717) is 30.6 Å². The fourth-order valence-corrected chi connectivity index (χ4v) is 5.89. The van der Waals surface area contributed by atoms with Gasteiger partial charge in [-0.25, -0.2) is 18.4 Å². The summed E-state index contributed by atoms with van der Waals surface area (Å²) in [5.74, 6) is 1.63. The topological polar surface area (TPSA) is 86.7 Å². The van der Waals surface area contributed by atoms with Crippen molar-refractivity contribution in [2.75, 3.05) is 55.7 Å². The van der Waals surface area contributed by atoms with Crippen LogP contribution < -0.4 is 4.90 Å². The Morgan fingerprint density at radius 1 is 1.00 bits per heavy atom. The Bertz CT molecular complexity index is 807. The molecular weight excluding hydrogens is 390 g/mol. The Morgan fingerprint density at radius 3 is 2.34 bits per heavy atom. The third-order valence-corrected chi connectivity index (χ3v) is 8.09. The maximum absolute atomic E-state index is 12.8. The number of amides is 1. The third kappa shape index (κ3) is 4.88. The first-order valence-electron chi connectivity index (χ1n) is 10.7. The fraction of sp³-hybridized carbons (Fsp3) is 0.750. The molecule has 4 rings (SSSR count). The SMILES string of the molecule is CC1CCCN(C2CCN(C(=O)c3cnc(N4CCS(=O)(=O)CC4)cn3)CC2)C1. The van der Waals surface area contributed by atoms with Crippen LogP contribution in [0.4, 0.5) is 5.82 Å². The molecule has 160 valence electrons. The van der Waals surface area contributed by atoms with Crippen LogP contribution in [0.3, 0.4) is 0 Å². The first kappa shape index (κ1) is 20.5. The zero-order valence-electron chi connectivity index (χ0n) is 17.2. The van der Waals surface area contributed by atoms with E-state index in [1.165, 1.54) is 32.1 Å². The molecule has 1 atom stereocenters. The molecule has 1 unspecified atom stereocenters. The lowest BCUT2D eigenvalue weighted by atomic mass is 9.95. The van der Waals surface area contributed by atoms with Crippen molar-refractivity contribution in [2.45, 2.75) is 38.6 Å². The highest BCUT2D eigenvalue weighted by atomic mass is 32.2. The zero-order valence-corrected chi connectivity index (χ0v) is 18.0. The largest absolute Gasteiger partial charge is 0.353 e. The highest BCUT2D eigenvalue weighted by Gasteiger charge is 2.30. The second-order valence-corrected chi connectivity index (χ2v) is 11.0. The Balaban J connectivity index is 1.31. The van der Waals surface area contributed by atoms with Gasteiger partial charge in [-0.1, -0.05) is 6.92 Å². The second kappa shape index (κ2) is 8.55. The van der Waals surface area contributed by atoms with Gasteiger partial charge in [0.1, 0.15) is 11.5 Å². The van der Waals surface area contributed by atoms with Crippen LogP contribution in [0.25, 0.3) is 0 Å². The molecule has 29 heavy (non-hydrogen) atoms. The van der Waals surface area contributed by atoms with Crippen LogP contribution >= 0.6 is 0 Å². The van der Waals surface area contributed by atoms with Gasteiger partial charge >= 0.3 is 0 Å². The van der Waals surface area contributed by atoms with E-state index in [2.05, 4.69) is 21.8 Å². The first-order valence-corrected chi connectivity index (χ1v) is 12.5. The summed E-state index contributed by atoms with van der Waals surface area (Å²) in [7, 11) is -2.93. The fourth-order valence-electron chi connectivity index (χ4n) is 4.69. The predicted octanol–water partition coefficient (Wildman–Crippen LogP) is 1.05. The maximum atomic E-state index is 12.8. The molecule has 1 amide bonds. The van der Waals surface area contributed by atoms with Crippen molar-refractivity contribution >= 4 is 21.6 Å². The minimum Gasteiger partial charge on any atom is -0.353 e. The van der Waals surface area contributed by atoms with E-state index in [4.69, 9.17) is 0 Å². The summed E-state index contributed by atoms with van der Waals surface area (Å²) >= 11 is 0. The Hall–Kier alpha value is -1.74. The number of likely N-dealkylation sites (tertiary alicyclic amines) is 2. The minimum absolute atomic E-state index is 0.0595. The quantitative estimate of drug-likeness (QED) is 0.721. The van der Waals surface area contributed by atoms with Gasteiger partial charge in [-0.2, -0.15) is 0 Å². The monoisotopic (exact) mass is 421 g/mol. The molecule has 0 aromatic carbocycles. The number of nitrogens with zero attached hydrogens (tertiary/aromatic N) is 5. The molecule has 3 saturated heterocycles. The number of carbonyl (C=O) groups is 1. The molecule has 4 heterocycles. The number of piperidine rings is 2. The lowest BCUT2D eigenvalue weighted by Gasteiger charge is -2.41. The van der Waals surface area contributed by atoms with E-state index in [0.717, 1.165) is 31.8 Å². The summed E-state index contributed by atoms with van der Waals surface area (Å²) < 4.78 is 23.1. The number of rotatable bonds is 3. The van der Waals surface area contributed by atoms with Crippen molar-refractivity contribution in [3.63, 3.8) is 0 Å². The van der Waals surface area contributed by atoms with Crippen LogP contribution in [0, 0.1) is 5.92 Å². The van der Waals surface area contributed by atoms with Gasteiger partial charge < -0.3 is 9.80 Å². The second-order valence-electron chi connectivity index (χ2n) is 8.66. The maximum Gasteiger partial charge on any atom is 0.274 e. The van der Waals surface area contributed by atoms with Crippen molar-refractivity contribution in [3.8, 4) is 0 Å². The van der Waals surface area contributed by atoms with Crippen molar-refractivity contribution in [1.82, 2.24) is 19.8 Å². The molecule has 3 aliphatic heterocycles. The Kier molecular flexibility index (Phi) is 6.06. The van der Waals surface area contributed by atoms with Gasteiger partial charge in [0.25, 0.3) is 5.91 Å². The Labute approximate surface area is 173 Å². The van der Waals surface area contributed by atoms with Gasteiger partial charge in [-0.05, 0) is 38.1 Å². The average molecular weight is 422 g/mol. The molecule has 0 N–H and O–H groups in total. The molecule has 0 bridgehead atoms. The molecule has 1 aromatic rings. The number of hydrogen-bond acceptors (Lipinski definition) is 7. The van der Waals surface area contributed by atoms with Crippen LogP contribution in [0.1, 0.15) is 43.1 Å². The van der Waals surface area contributed by atoms with Crippen LogP contribution in [0.5, 0.6) is 0 Å². The molecule has 0 saturated carbocycles. The summed E-state index contributed by atoms with van der Waals surface area (Å²) in [5, 5.41) is 0. The van der Waals surface area contributed by atoms with Gasteiger partial charge in [0, 0.05) is 38.8 Å². The number of sulfone groups is 1. The van der Waals surface area contributed by atoms with E-state index < -0.39 is 9.84 Å². The summed E-state index contributed by atoms with van der Waals surface area (Å²) in [5.41, 5.74) is 0.364. The zero-order chi connectivity index (χ0) is 20.4. The summed E-state index contributed by atoms with van der Waals surface area (Å²) in [6, 6.07) is 0.589. The van der Waals surface area contributed by atoms with Gasteiger partial charge in [0.2, 0.25) is 0 Å². The normalized spacial score (nSPS) is 26.4. The van der Waals surface area contributed by atoms with Crippen LogP contribution in [-0.2, 0) is 9.84 Å². The molecule has 3 fully saturated rings. The lowest BCUT2D eigenvalue weighted by Crippen LogP contribution is -2.49. The highest BCUT2D eigenvalue weighted by molar-refractivity contribution is 7.91. The molecule has 9 heteroatoms. The van der Waals surface area contributed by atoms with Gasteiger partial charge in [0.05, 0.1) is 23.9 Å². The van der Waals surface area contributed by atoms with E-state index in [1.807, 2.05) is 9.80 Å². The first-order chi connectivity index (χ1) is 13.9. The van der Waals surface area contributed by atoms with E-state index in [-0.39, 0.29) is 17.4 Å². The van der Waals surface area contributed by atoms with Gasteiger partial charge in [-0.15, -0.1) is 0 Å². The summed E-state index contributed by atoms with van der Waals surface area (Å²) in [6.45, 7) is 7.08. The molecule has 0 radical (unpaired) electrons. The lowest BCUT2D eigenvalue weighted by molar-refractivity contribution is 0.0537. The number of hydrogen-bond donors (Lipinski definition) is 0. The van der Waals surface area contributed by atoms with E-state index in [1.54, 1.807) is 6.20 Å². The van der Waals surface area contributed by atoms with Crippen molar-refractivity contribution in [3.05, 3.63) is 18.1 Å². The molecule has 0 spiro atoms. The number of aromatic nitrogens is 2. The minimum atomic E-state index is -2.93. The molecule has 0 aliphatic carbocycles. The van der Waals surface area contributed by atoms with Crippen molar-refractivity contribution < 1.29 is 13.2 Å². The van der Waals surface area contributed by atoms with Gasteiger partial charge in [0.15, 0.2) is 9.84 Å². The third-order valence-electron chi connectivity index (χ3n) is 6.48. The summed E-state index contributed by atoms with van der Waals surface area (Å²) in [4.78, 5) is 27.9. The van der Waals surface area contributed by atoms with E-state index in [9.17, 15) is 13.2 Å². The highest BCUT2D eigenvalue weighted by Crippen LogP contribution is 2.24.